The normalized spacial score (nSPS) is 13.1. The van der Waals surface area contributed by atoms with Crippen molar-refractivity contribution in [1.29, 1.82) is 0 Å². The Balaban J connectivity index is 2.13. The molecule has 14 heavy (non-hydrogen) atoms. The molecule has 0 aromatic carbocycles. The number of hydrogen-bond donors (Lipinski definition) is 1. The van der Waals surface area contributed by atoms with Crippen LogP contribution in [0, 0.1) is 12.8 Å². The first kappa shape index (κ1) is 11.7. The minimum absolute atomic E-state index is 0.789. The Morgan fingerprint density at radius 2 is 2.36 bits per heavy atom. The molecule has 1 aromatic heterocycles. The fourth-order valence-corrected chi connectivity index (χ4v) is 2.04. The second-order valence-corrected chi connectivity index (χ2v) is 4.77. The first-order valence-corrected chi connectivity index (χ1v) is 6.21. The van der Waals surface area contributed by atoms with Crippen molar-refractivity contribution < 1.29 is 0 Å². The highest BCUT2D eigenvalue weighted by molar-refractivity contribution is 7.09. The Hall–Kier alpha value is -0.410. The topological polar surface area (TPSA) is 24.9 Å². The number of aryl methyl sites for hydroxylation is 1. The zero-order valence-electron chi connectivity index (χ0n) is 9.34. The van der Waals surface area contributed by atoms with Crippen LogP contribution in [0.1, 0.15) is 30.8 Å². The van der Waals surface area contributed by atoms with E-state index >= 15 is 0 Å². The van der Waals surface area contributed by atoms with Crippen LogP contribution in [0.2, 0.25) is 0 Å². The van der Waals surface area contributed by atoms with Gasteiger partial charge in [0.25, 0.3) is 0 Å². The van der Waals surface area contributed by atoms with E-state index in [0.29, 0.717) is 0 Å². The number of hydrogen-bond acceptors (Lipinski definition) is 3. The number of nitrogens with one attached hydrogen (secondary N) is 1. The molecule has 3 heteroatoms. The van der Waals surface area contributed by atoms with Gasteiger partial charge in [-0.2, -0.15) is 0 Å². The van der Waals surface area contributed by atoms with Gasteiger partial charge in [-0.3, -0.25) is 0 Å². The first-order chi connectivity index (χ1) is 6.74. The monoisotopic (exact) mass is 212 g/mol. The zero-order valence-corrected chi connectivity index (χ0v) is 10.2. The third kappa shape index (κ3) is 3.76. The summed E-state index contributed by atoms with van der Waals surface area (Å²) in [6.07, 6.45) is 2.37. The van der Waals surface area contributed by atoms with Crippen molar-refractivity contribution in [3.8, 4) is 0 Å². The molecule has 0 radical (unpaired) electrons. The molecule has 0 aliphatic rings. The van der Waals surface area contributed by atoms with Crippen LogP contribution in [-0.4, -0.2) is 18.1 Å². The second kappa shape index (κ2) is 6.14. The van der Waals surface area contributed by atoms with Crippen LogP contribution in [0.3, 0.4) is 0 Å². The fraction of sp³-hybridized carbons (Fsp3) is 0.727. The minimum Gasteiger partial charge on any atom is -0.316 e. The largest absolute Gasteiger partial charge is 0.316 e. The number of aromatic nitrogens is 1. The second-order valence-electron chi connectivity index (χ2n) is 3.83. The maximum Gasteiger partial charge on any atom is 0.0797 e. The van der Waals surface area contributed by atoms with Gasteiger partial charge in [0.05, 0.1) is 11.2 Å². The molecule has 1 N–H and O–H groups in total. The van der Waals surface area contributed by atoms with Gasteiger partial charge in [0, 0.05) is 11.4 Å². The Bertz CT molecular complexity index is 258. The quantitative estimate of drug-likeness (QED) is 0.733. The van der Waals surface area contributed by atoms with Gasteiger partial charge in [-0.1, -0.05) is 20.3 Å². The summed E-state index contributed by atoms with van der Waals surface area (Å²) in [4.78, 5) is 5.66. The molecule has 2 nitrogen and oxygen atoms in total. The summed E-state index contributed by atoms with van der Waals surface area (Å²) in [7, 11) is 0. The molecule has 0 aliphatic carbocycles. The van der Waals surface area contributed by atoms with Crippen molar-refractivity contribution in [3.05, 3.63) is 16.1 Å². The lowest BCUT2D eigenvalue weighted by atomic mass is 10.1. The van der Waals surface area contributed by atoms with Gasteiger partial charge in [0.1, 0.15) is 0 Å². The minimum atomic E-state index is 0.789. The molecule has 1 heterocycles. The van der Waals surface area contributed by atoms with E-state index in [-0.39, 0.29) is 0 Å². The van der Waals surface area contributed by atoms with Gasteiger partial charge >= 0.3 is 0 Å². The van der Waals surface area contributed by atoms with Crippen LogP contribution in [0.25, 0.3) is 0 Å². The summed E-state index contributed by atoms with van der Waals surface area (Å²) in [6.45, 7) is 8.81. The molecule has 0 amide bonds. The maximum absolute atomic E-state index is 4.24. The van der Waals surface area contributed by atoms with Crippen LogP contribution in [0.4, 0.5) is 0 Å². The molecule has 0 saturated carbocycles. The van der Waals surface area contributed by atoms with Gasteiger partial charge in [0.2, 0.25) is 0 Å². The Morgan fingerprint density at radius 1 is 1.57 bits per heavy atom. The molecule has 1 atom stereocenters. The van der Waals surface area contributed by atoms with Gasteiger partial charge in [-0.05, 0) is 25.8 Å². The lowest BCUT2D eigenvalue weighted by molar-refractivity contribution is 0.502. The van der Waals surface area contributed by atoms with Crippen molar-refractivity contribution in [2.24, 2.45) is 5.92 Å². The van der Waals surface area contributed by atoms with E-state index in [1.807, 2.05) is 5.51 Å². The van der Waals surface area contributed by atoms with Crippen molar-refractivity contribution in [2.75, 3.05) is 13.1 Å². The Kier molecular flexibility index (Phi) is 5.12. The molecule has 1 unspecified atom stereocenters. The molecule has 0 spiro atoms. The van der Waals surface area contributed by atoms with E-state index in [2.05, 4.69) is 31.1 Å². The zero-order chi connectivity index (χ0) is 10.4. The van der Waals surface area contributed by atoms with E-state index in [4.69, 9.17) is 0 Å². The van der Waals surface area contributed by atoms with E-state index < -0.39 is 0 Å². The summed E-state index contributed by atoms with van der Waals surface area (Å²) >= 11 is 1.76. The first-order valence-electron chi connectivity index (χ1n) is 5.33. The molecule has 1 rings (SSSR count). The van der Waals surface area contributed by atoms with Crippen molar-refractivity contribution in [2.45, 2.75) is 33.6 Å². The lowest BCUT2D eigenvalue weighted by Crippen LogP contribution is -2.23. The standard InChI is InChI=1S/C11H20N2S/c1-4-9(2)7-12-6-5-11-10(3)13-8-14-11/h8-9,12H,4-7H2,1-3H3. The van der Waals surface area contributed by atoms with Gasteiger partial charge in [0.15, 0.2) is 0 Å². The van der Waals surface area contributed by atoms with E-state index in [1.54, 1.807) is 11.3 Å². The highest BCUT2D eigenvalue weighted by Crippen LogP contribution is 2.11. The number of thiazole rings is 1. The van der Waals surface area contributed by atoms with E-state index in [1.165, 1.54) is 17.0 Å². The summed E-state index contributed by atoms with van der Waals surface area (Å²) in [5, 5.41) is 3.48. The Labute approximate surface area is 90.8 Å². The highest BCUT2D eigenvalue weighted by atomic mass is 32.1. The van der Waals surface area contributed by atoms with E-state index in [0.717, 1.165) is 25.4 Å². The van der Waals surface area contributed by atoms with Gasteiger partial charge in [-0.15, -0.1) is 11.3 Å². The average molecular weight is 212 g/mol. The molecule has 0 fully saturated rings. The van der Waals surface area contributed by atoms with Crippen molar-refractivity contribution in [1.82, 2.24) is 10.3 Å². The SMILES string of the molecule is CCC(C)CNCCc1scnc1C. The number of rotatable bonds is 6. The van der Waals surface area contributed by atoms with Crippen LogP contribution in [0.5, 0.6) is 0 Å². The summed E-state index contributed by atoms with van der Waals surface area (Å²) < 4.78 is 0. The molecule has 0 saturated heterocycles. The smallest absolute Gasteiger partial charge is 0.0797 e. The maximum atomic E-state index is 4.24. The molecule has 80 valence electrons. The Morgan fingerprint density at radius 3 is 2.93 bits per heavy atom. The summed E-state index contributed by atoms with van der Waals surface area (Å²) in [5.41, 5.74) is 3.12. The lowest BCUT2D eigenvalue weighted by Gasteiger charge is -2.09. The van der Waals surface area contributed by atoms with Crippen LogP contribution in [0.15, 0.2) is 5.51 Å². The van der Waals surface area contributed by atoms with Crippen LogP contribution < -0.4 is 5.32 Å². The molecular weight excluding hydrogens is 192 g/mol. The van der Waals surface area contributed by atoms with Gasteiger partial charge < -0.3 is 5.32 Å². The average Bonchev–Trinajstić information content (AvgIpc) is 2.58. The highest BCUT2D eigenvalue weighted by Gasteiger charge is 2.01. The number of nitrogens with zero attached hydrogens (tertiary/aromatic N) is 1. The molecule has 1 aromatic rings. The fourth-order valence-electron chi connectivity index (χ4n) is 1.26. The summed E-state index contributed by atoms with van der Waals surface area (Å²) in [5.74, 6) is 0.789. The molecule has 0 aliphatic heterocycles. The third-order valence-corrected chi connectivity index (χ3v) is 3.56. The van der Waals surface area contributed by atoms with Crippen molar-refractivity contribution in [3.63, 3.8) is 0 Å². The van der Waals surface area contributed by atoms with Crippen LogP contribution in [-0.2, 0) is 6.42 Å². The predicted octanol–water partition coefficient (Wildman–Crippen LogP) is 2.63. The predicted molar refractivity (Wildman–Crippen MR) is 62.9 cm³/mol. The van der Waals surface area contributed by atoms with E-state index in [9.17, 15) is 0 Å². The molecular formula is C11H20N2S. The molecule has 0 bridgehead atoms. The van der Waals surface area contributed by atoms with Crippen LogP contribution >= 0.6 is 11.3 Å². The third-order valence-electron chi connectivity index (χ3n) is 2.56. The summed E-state index contributed by atoms with van der Waals surface area (Å²) in [6, 6.07) is 0. The van der Waals surface area contributed by atoms with Crippen molar-refractivity contribution >= 4 is 11.3 Å². The van der Waals surface area contributed by atoms with Gasteiger partial charge in [-0.25, -0.2) is 4.98 Å².